The Morgan fingerprint density at radius 2 is 2.22 bits per heavy atom. The molecule has 0 radical (unpaired) electrons. The van der Waals surface area contributed by atoms with Crippen molar-refractivity contribution >= 4 is 46.0 Å². The molecule has 2 aromatic rings. The van der Waals surface area contributed by atoms with Gasteiger partial charge < -0.3 is 4.74 Å². The molecule has 1 aromatic carbocycles. The topological polar surface area (TPSA) is 79.8 Å². The lowest BCUT2D eigenvalue weighted by Crippen LogP contribution is -2.27. The number of hydrogen-bond donors (Lipinski definition) is 0. The molecular formula is C19H19N3O4S. The van der Waals surface area contributed by atoms with Gasteiger partial charge in [0.25, 0.3) is 0 Å². The zero-order valence-corrected chi connectivity index (χ0v) is 15.9. The van der Waals surface area contributed by atoms with Gasteiger partial charge in [-0.1, -0.05) is 12.1 Å². The van der Waals surface area contributed by atoms with Gasteiger partial charge in [0.15, 0.2) is 10.9 Å². The van der Waals surface area contributed by atoms with Gasteiger partial charge in [-0.05, 0) is 31.2 Å². The maximum Gasteiger partial charge on any atom is 0.414 e. The van der Waals surface area contributed by atoms with E-state index in [0.717, 1.165) is 0 Å². The zero-order valence-electron chi connectivity index (χ0n) is 15.0. The molecule has 0 saturated carbocycles. The van der Waals surface area contributed by atoms with Crippen molar-refractivity contribution in [3.8, 4) is 0 Å². The Labute approximate surface area is 160 Å². The van der Waals surface area contributed by atoms with Crippen molar-refractivity contribution in [1.82, 2.24) is 4.98 Å². The lowest BCUT2D eigenvalue weighted by atomic mass is 10.1. The van der Waals surface area contributed by atoms with Crippen LogP contribution in [0.25, 0.3) is 6.08 Å². The number of carbonyl (C=O) groups excluding carboxylic acids is 3. The van der Waals surface area contributed by atoms with E-state index in [2.05, 4.69) is 4.98 Å². The van der Waals surface area contributed by atoms with Gasteiger partial charge in [0, 0.05) is 30.1 Å². The highest BCUT2D eigenvalue weighted by atomic mass is 32.1. The summed E-state index contributed by atoms with van der Waals surface area (Å²) in [6, 6.07) is 6.86. The van der Waals surface area contributed by atoms with Gasteiger partial charge in [0.2, 0.25) is 5.91 Å². The van der Waals surface area contributed by atoms with E-state index < -0.39 is 6.09 Å². The first-order valence-corrected chi connectivity index (χ1v) is 9.38. The number of aromatic nitrogens is 1. The fraction of sp³-hybridized carbons (Fsp3) is 0.263. The standard InChI is InChI=1S/C19H19N3O4S/c1-3-21(13(2)23)18-20-15(12-27-18)7-8-17(24)14-5-4-6-16(11-14)22-9-10-26-19(22)25/h4-8,11-12H,3,9-10H2,1-2H3/b8-7+. The highest BCUT2D eigenvalue weighted by molar-refractivity contribution is 7.14. The maximum absolute atomic E-state index is 12.5. The Bertz CT molecular complexity index is 906. The molecule has 1 aliphatic rings. The van der Waals surface area contributed by atoms with Crippen LogP contribution in [0.3, 0.4) is 0 Å². The van der Waals surface area contributed by atoms with Gasteiger partial charge in [-0.15, -0.1) is 11.3 Å². The summed E-state index contributed by atoms with van der Waals surface area (Å²) in [4.78, 5) is 43.2. The summed E-state index contributed by atoms with van der Waals surface area (Å²) in [5, 5.41) is 2.40. The van der Waals surface area contributed by atoms with Gasteiger partial charge in [0.1, 0.15) is 6.61 Å². The van der Waals surface area contributed by atoms with Crippen molar-refractivity contribution < 1.29 is 19.1 Å². The molecule has 27 heavy (non-hydrogen) atoms. The molecule has 7 nitrogen and oxygen atoms in total. The fourth-order valence-corrected chi connectivity index (χ4v) is 3.58. The van der Waals surface area contributed by atoms with Crippen LogP contribution in [0.5, 0.6) is 0 Å². The Morgan fingerprint density at radius 3 is 2.89 bits per heavy atom. The van der Waals surface area contributed by atoms with Crippen LogP contribution in [0.4, 0.5) is 15.6 Å². The molecule has 0 aliphatic carbocycles. The summed E-state index contributed by atoms with van der Waals surface area (Å²) >= 11 is 1.35. The summed E-state index contributed by atoms with van der Waals surface area (Å²) in [5.41, 5.74) is 1.72. The number of carbonyl (C=O) groups is 3. The quantitative estimate of drug-likeness (QED) is 0.563. The second kappa shape index (κ2) is 8.13. The van der Waals surface area contributed by atoms with E-state index in [1.165, 1.54) is 29.2 Å². The van der Waals surface area contributed by atoms with Crippen LogP contribution in [-0.4, -0.2) is 42.5 Å². The number of benzene rings is 1. The van der Waals surface area contributed by atoms with E-state index in [9.17, 15) is 14.4 Å². The van der Waals surface area contributed by atoms with Crippen LogP contribution in [-0.2, 0) is 9.53 Å². The average molecular weight is 385 g/mol. The van der Waals surface area contributed by atoms with E-state index in [4.69, 9.17) is 4.74 Å². The van der Waals surface area contributed by atoms with Crippen molar-refractivity contribution in [2.45, 2.75) is 13.8 Å². The minimum absolute atomic E-state index is 0.0734. The summed E-state index contributed by atoms with van der Waals surface area (Å²) < 4.78 is 4.93. The third kappa shape index (κ3) is 4.22. The average Bonchev–Trinajstić information content (AvgIpc) is 3.29. The third-order valence-electron chi connectivity index (χ3n) is 4.05. The van der Waals surface area contributed by atoms with Crippen LogP contribution >= 0.6 is 11.3 Å². The first-order chi connectivity index (χ1) is 13.0. The predicted molar refractivity (Wildman–Crippen MR) is 104 cm³/mol. The number of rotatable bonds is 6. The number of thiazole rings is 1. The number of nitrogens with zero attached hydrogens (tertiary/aromatic N) is 3. The first kappa shape index (κ1) is 18.8. The minimum Gasteiger partial charge on any atom is -0.447 e. The monoisotopic (exact) mass is 385 g/mol. The molecule has 0 atom stereocenters. The van der Waals surface area contributed by atoms with Crippen molar-refractivity contribution in [3.05, 3.63) is 47.0 Å². The lowest BCUT2D eigenvalue weighted by Gasteiger charge is -2.14. The molecular weight excluding hydrogens is 366 g/mol. The first-order valence-electron chi connectivity index (χ1n) is 8.50. The third-order valence-corrected chi connectivity index (χ3v) is 4.93. The highest BCUT2D eigenvalue weighted by Gasteiger charge is 2.23. The fourth-order valence-electron chi connectivity index (χ4n) is 2.68. The normalized spacial score (nSPS) is 13.9. The van der Waals surface area contributed by atoms with E-state index >= 15 is 0 Å². The number of ether oxygens (including phenoxy) is 1. The van der Waals surface area contributed by atoms with Gasteiger partial charge in [-0.2, -0.15) is 0 Å². The number of cyclic esters (lactones) is 1. The summed E-state index contributed by atoms with van der Waals surface area (Å²) in [5.74, 6) is -0.270. The molecule has 8 heteroatoms. The SMILES string of the molecule is CCN(C(C)=O)c1nc(/C=C/C(=O)c2cccc(N3CCOC3=O)c2)cs1. The molecule has 2 amide bonds. The van der Waals surface area contributed by atoms with Crippen molar-refractivity contribution in [1.29, 1.82) is 0 Å². The van der Waals surface area contributed by atoms with Crippen LogP contribution in [0, 0.1) is 0 Å². The Morgan fingerprint density at radius 1 is 1.41 bits per heavy atom. The number of amides is 2. The van der Waals surface area contributed by atoms with E-state index in [1.807, 2.05) is 6.92 Å². The molecule has 1 fully saturated rings. The highest BCUT2D eigenvalue weighted by Crippen LogP contribution is 2.23. The maximum atomic E-state index is 12.5. The van der Waals surface area contributed by atoms with Gasteiger partial charge in [0.05, 0.1) is 12.2 Å². The number of anilines is 2. The van der Waals surface area contributed by atoms with E-state index in [-0.39, 0.29) is 11.7 Å². The second-order valence-electron chi connectivity index (χ2n) is 5.83. The molecule has 2 heterocycles. The molecule has 140 valence electrons. The molecule has 1 aliphatic heterocycles. The molecule has 0 N–H and O–H groups in total. The van der Waals surface area contributed by atoms with Crippen LogP contribution in [0.15, 0.2) is 35.7 Å². The molecule has 0 spiro atoms. The summed E-state index contributed by atoms with van der Waals surface area (Å²) in [7, 11) is 0. The molecule has 3 rings (SSSR count). The molecule has 0 unspecified atom stereocenters. The molecule has 1 saturated heterocycles. The zero-order chi connectivity index (χ0) is 19.4. The number of ketones is 1. The van der Waals surface area contributed by atoms with E-state index in [0.29, 0.717) is 41.8 Å². The number of allylic oxidation sites excluding steroid dienone is 1. The van der Waals surface area contributed by atoms with Gasteiger partial charge in [-0.3, -0.25) is 19.4 Å². The van der Waals surface area contributed by atoms with Gasteiger partial charge in [-0.25, -0.2) is 9.78 Å². The van der Waals surface area contributed by atoms with Crippen molar-refractivity contribution in [2.75, 3.05) is 29.5 Å². The Hall–Kier alpha value is -3.00. The lowest BCUT2D eigenvalue weighted by molar-refractivity contribution is -0.116. The largest absolute Gasteiger partial charge is 0.447 e. The van der Waals surface area contributed by atoms with Gasteiger partial charge >= 0.3 is 6.09 Å². The Kier molecular flexibility index (Phi) is 5.66. The van der Waals surface area contributed by atoms with Crippen LogP contribution < -0.4 is 9.80 Å². The molecule has 0 bridgehead atoms. The number of hydrogen-bond acceptors (Lipinski definition) is 6. The smallest absolute Gasteiger partial charge is 0.414 e. The van der Waals surface area contributed by atoms with Crippen LogP contribution in [0.2, 0.25) is 0 Å². The molecule has 1 aromatic heterocycles. The van der Waals surface area contributed by atoms with Crippen molar-refractivity contribution in [3.63, 3.8) is 0 Å². The summed E-state index contributed by atoms with van der Waals surface area (Å²) in [6.45, 7) is 4.73. The van der Waals surface area contributed by atoms with E-state index in [1.54, 1.807) is 40.6 Å². The summed E-state index contributed by atoms with van der Waals surface area (Å²) in [6.07, 6.45) is 2.65. The second-order valence-corrected chi connectivity index (χ2v) is 6.67. The van der Waals surface area contributed by atoms with Crippen molar-refractivity contribution in [2.24, 2.45) is 0 Å². The Balaban J connectivity index is 1.73. The predicted octanol–water partition coefficient (Wildman–Crippen LogP) is 3.37. The van der Waals surface area contributed by atoms with Crippen LogP contribution in [0.1, 0.15) is 29.9 Å². The minimum atomic E-state index is -0.406.